The minimum Gasteiger partial charge on any atom is -0.355 e. The maximum Gasteiger partial charge on any atom is 0.146 e. The molecule has 7 rings (SSSR count). The lowest BCUT2D eigenvalue weighted by atomic mass is 9.86. The van der Waals surface area contributed by atoms with Crippen molar-refractivity contribution in [1.82, 2.24) is 4.98 Å². The summed E-state index contributed by atoms with van der Waals surface area (Å²) in [5.74, 6) is -0.645. The molecule has 0 saturated heterocycles. The molecular formula is C30H20F2N2. The summed E-state index contributed by atoms with van der Waals surface area (Å²) in [5, 5.41) is 2.37. The van der Waals surface area contributed by atoms with E-state index in [1.54, 1.807) is 24.3 Å². The summed E-state index contributed by atoms with van der Waals surface area (Å²) in [7, 11) is 0. The van der Waals surface area contributed by atoms with Crippen molar-refractivity contribution in [3.8, 4) is 0 Å². The first kappa shape index (κ1) is 19.3. The second kappa shape index (κ2) is 7.16. The van der Waals surface area contributed by atoms with Gasteiger partial charge in [0.1, 0.15) is 11.6 Å². The average molecular weight is 447 g/mol. The Labute approximate surface area is 195 Å². The van der Waals surface area contributed by atoms with E-state index in [2.05, 4.69) is 53.5 Å². The summed E-state index contributed by atoms with van der Waals surface area (Å²) in [6.07, 6.45) is 6.41. The molecule has 1 aromatic heterocycles. The highest BCUT2D eigenvalue weighted by atomic mass is 19.1. The molecule has 2 heterocycles. The highest BCUT2D eigenvalue weighted by Gasteiger charge is 2.39. The number of rotatable bonds is 2. The third-order valence-corrected chi connectivity index (χ3v) is 7.06. The standard InChI is InChI=1S/C30H20F2N2/c31-20-11-14-29-24(17-20)23-16-19(10-13-28(23)34(29)30-8-4-2-6-25(30)32)18-9-12-27-22(15-18)21-5-1-3-7-26(21)33-27/h1-17,23,28,33H. The smallest absolute Gasteiger partial charge is 0.146 e. The number of nitrogens with one attached hydrogen (secondary N) is 1. The van der Waals surface area contributed by atoms with Gasteiger partial charge in [-0.1, -0.05) is 54.6 Å². The molecule has 164 valence electrons. The van der Waals surface area contributed by atoms with Gasteiger partial charge in [-0.2, -0.15) is 0 Å². The number of H-pyrrole nitrogens is 1. The number of aromatic nitrogens is 1. The van der Waals surface area contributed by atoms with Crippen LogP contribution in [-0.2, 0) is 0 Å². The number of fused-ring (bicyclic) bond motifs is 6. The topological polar surface area (TPSA) is 19.0 Å². The highest BCUT2D eigenvalue weighted by Crippen LogP contribution is 2.50. The number of anilines is 2. The number of allylic oxidation sites excluding steroid dienone is 2. The molecule has 2 unspecified atom stereocenters. The van der Waals surface area contributed by atoms with Crippen LogP contribution in [0.15, 0.2) is 103 Å². The normalized spacial score (nSPS) is 18.9. The Hall–Kier alpha value is -4.18. The van der Waals surface area contributed by atoms with E-state index in [9.17, 15) is 8.78 Å². The molecule has 0 amide bonds. The van der Waals surface area contributed by atoms with Crippen molar-refractivity contribution >= 4 is 38.8 Å². The van der Waals surface area contributed by atoms with Gasteiger partial charge in [-0.15, -0.1) is 0 Å². The van der Waals surface area contributed by atoms with Crippen LogP contribution in [0.5, 0.6) is 0 Å². The van der Waals surface area contributed by atoms with Crippen LogP contribution in [0.2, 0.25) is 0 Å². The van der Waals surface area contributed by atoms with Crippen LogP contribution >= 0.6 is 0 Å². The van der Waals surface area contributed by atoms with Crippen LogP contribution in [-0.4, -0.2) is 11.0 Å². The predicted octanol–water partition coefficient (Wildman–Crippen LogP) is 7.86. The van der Waals surface area contributed by atoms with E-state index < -0.39 is 0 Å². The van der Waals surface area contributed by atoms with Crippen molar-refractivity contribution in [2.75, 3.05) is 4.90 Å². The largest absolute Gasteiger partial charge is 0.355 e. The number of hydrogen-bond donors (Lipinski definition) is 1. The number of nitrogens with zero attached hydrogens (tertiary/aromatic N) is 1. The lowest BCUT2D eigenvalue weighted by molar-refractivity contribution is 0.618. The third-order valence-electron chi connectivity index (χ3n) is 7.06. The van der Waals surface area contributed by atoms with Gasteiger partial charge in [-0.05, 0) is 65.2 Å². The summed E-state index contributed by atoms with van der Waals surface area (Å²) in [6, 6.07) is 26.2. The van der Waals surface area contributed by atoms with E-state index in [0.29, 0.717) is 5.69 Å². The van der Waals surface area contributed by atoms with E-state index in [-0.39, 0.29) is 23.6 Å². The van der Waals surface area contributed by atoms with Gasteiger partial charge in [0.2, 0.25) is 0 Å². The summed E-state index contributed by atoms with van der Waals surface area (Å²) in [5.41, 5.74) is 6.63. The molecule has 0 fully saturated rings. The van der Waals surface area contributed by atoms with Crippen molar-refractivity contribution in [3.63, 3.8) is 0 Å². The molecule has 2 atom stereocenters. The number of benzene rings is 4. The van der Waals surface area contributed by atoms with Crippen molar-refractivity contribution in [2.24, 2.45) is 0 Å². The minimum absolute atomic E-state index is 0.0797. The summed E-state index contributed by atoms with van der Waals surface area (Å²) in [4.78, 5) is 5.46. The lowest BCUT2D eigenvalue weighted by Crippen LogP contribution is -2.29. The van der Waals surface area contributed by atoms with Crippen molar-refractivity contribution in [1.29, 1.82) is 0 Å². The first-order valence-electron chi connectivity index (χ1n) is 11.4. The van der Waals surface area contributed by atoms with E-state index in [1.807, 2.05) is 23.1 Å². The summed E-state index contributed by atoms with van der Waals surface area (Å²) >= 11 is 0. The van der Waals surface area contributed by atoms with E-state index in [0.717, 1.165) is 33.4 Å². The predicted molar refractivity (Wildman–Crippen MR) is 134 cm³/mol. The highest BCUT2D eigenvalue weighted by molar-refractivity contribution is 6.08. The Morgan fingerprint density at radius 1 is 0.735 bits per heavy atom. The number of hydrogen-bond acceptors (Lipinski definition) is 1. The molecule has 5 aromatic rings. The number of aromatic amines is 1. The molecule has 1 N–H and O–H groups in total. The molecule has 0 bridgehead atoms. The van der Waals surface area contributed by atoms with Crippen LogP contribution in [0, 0.1) is 11.6 Å². The van der Waals surface area contributed by atoms with Gasteiger partial charge in [0.15, 0.2) is 0 Å². The van der Waals surface area contributed by atoms with Crippen molar-refractivity contribution in [2.45, 2.75) is 12.0 Å². The molecule has 2 nitrogen and oxygen atoms in total. The Morgan fingerprint density at radius 2 is 1.56 bits per heavy atom. The Morgan fingerprint density at radius 3 is 2.47 bits per heavy atom. The maximum atomic E-state index is 14.8. The Kier molecular flexibility index (Phi) is 4.06. The SMILES string of the molecule is Fc1ccc2c(c1)C1C=C(c3ccc4[nH]c5ccccc5c4c3)C=CC1N2c1ccccc1F. The zero-order valence-electron chi connectivity index (χ0n) is 18.2. The van der Waals surface area contributed by atoms with Crippen LogP contribution in [0.3, 0.4) is 0 Å². The van der Waals surface area contributed by atoms with Gasteiger partial charge in [-0.3, -0.25) is 0 Å². The quantitative estimate of drug-likeness (QED) is 0.292. The van der Waals surface area contributed by atoms with Crippen LogP contribution in [0.1, 0.15) is 17.0 Å². The monoisotopic (exact) mass is 446 g/mol. The Balaban J connectivity index is 1.36. The van der Waals surface area contributed by atoms with Crippen LogP contribution < -0.4 is 4.90 Å². The Bertz CT molecular complexity index is 1660. The van der Waals surface area contributed by atoms with Crippen LogP contribution in [0.4, 0.5) is 20.2 Å². The van der Waals surface area contributed by atoms with E-state index in [1.165, 1.54) is 22.9 Å². The second-order valence-corrected chi connectivity index (χ2v) is 8.95. The van der Waals surface area contributed by atoms with E-state index >= 15 is 0 Å². The fourth-order valence-electron chi connectivity index (χ4n) is 5.52. The maximum absolute atomic E-state index is 14.8. The fraction of sp³-hybridized carbons (Fsp3) is 0.0667. The molecule has 2 aliphatic rings. The van der Waals surface area contributed by atoms with Crippen molar-refractivity contribution in [3.05, 3.63) is 126 Å². The molecule has 4 aromatic carbocycles. The molecule has 1 aliphatic carbocycles. The molecule has 0 radical (unpaired) electrons. The first-order chi connectivity index (χ1) is 16.7. The van der Waals surface area contributed by atoms with Crippen molar-refractivity contribution < 1.29 is 8.78 Å². The average Bonchev–Trinajstić information content (AvgIpc) is 3.39. The fourth-order valence-corrected chi connectivity index (χ4v) is 5.52. The molecule has 0 spiro atoms. The van der Waals surface area contributed by atoms with E-state index in [4.69, 9.17) is 0 Å². The van der Waals surface area contributed by atoms with Gasteiger partial charge in [0.25, 0.3) is 0 Å². The molecule has 4 heteroatoms. The molecule has 34 heavy (non-hydrogen) atoms. The second-order valence-electron chi connectivity index (χ2n) is 8.95. The zero-order valence-corrected chi connectivity index (χ0v) is 18.2. The summed E-state index contributed by atoms with van der Waals surface area (Å²) < 4.78 is 29.1. The van der Waals surface area contributed by atoms with Crippen LogP contribution in [0.25, 0.3) is 27.4 Å². The van der Waals surface area contributed by atoms with Gasteiger partial charge < -0.3 is 9.88 Å². The zero-order chi connectivity index (χ0) is 22.8. The third kappa shape index (κ3) is 2.78. The minimum atomic E-state index is -0.286. The molecular weight excluding hydrogens is 426 g/mol. The number of halogens is 2. The molecule has 0 saturated carbocycles. The number of para-hydroxylation sites is 2. The lowest BCUT2D eigenvalue weighted by Gasteiger charge is -2.30. The van der Waals surface area contributed by atoms with Gasteiger partial charge in [0, 0.05) is 33.4 Å². The van der Waals surface area contributed by atoms with Gasteiger partial charge in [0.05, 0.1) is 11.7 Å². The first-order valence-corrected chi connectivity index (χ1v) is 11.4. The molecule has 1 aliphatic heterocycles. The van der Waals surface area contributed by atoms with Gasteiger partial charge >= 0.3 is 0 Å². The van der Waals surface area contributed by atoms with Gasteiger partial charge in [-0.25, -0.2) is 8.78 Å². The summed E-state index contributed by atoms with van der Waals surface area (Å²) in [6.45, 7) is 0.